The lowest BCUT2D eigenvalue weighted by atomic mass is 9.78. The average molecular weight is 603 g/mol. The van der Waals surface area contributed by atoms with Crippen molar-refractivity contribution < 1.29 is 0 Å². The highest BCUT2D eigenvalue weighted by Crippen LogP contribution is 2.45. The molecule has 2 heterocycles. The van der Waals surface area contributed by atoms with Crippen molar-refractivity contribution in [2.24, 2.45) is 5.92 Å². The summed E-state index contributed by atoms with van der Waals surface area (Å²) in [5.74, 6) is 1.27. The van der Waals surface area contributed by atoms with Gasteiger partial charge in [-0.3, -0.25) is 0 Å². The third-order valence-corrected chi connectivity index (χ3v) is 8.81. The molecule has 0 aromatic heterocycles. The van der Waals surface area contributed by atoms with Gasteiger partial charge in [-0.1, -0.05) is 82.7 Å². The summed E-state index contributed by atoms with van der Waals surface area (Å²) in [5.41, 5.74) is 12.2. The second-order valence-corrected chi connectivity index (χ2v) is 12.6. The van der Waals surface area contributed by atoms with Crippen molar-refractivity contribution >= 4 is 0 Å². The molecule has 0 spiro atoms. The summed E-state index contributed by atoms with van der Waals surface area (Å²) in [7, 11) is 0. The van der Waals surface area contributed by atoms with Gasteiger partial charge in [0, 0.05) is 35.8 Å². The third kappa shape index (κ3) is 12.4. The molecular formula is C42H70N2. The van der Waals surface area contributed by atoms with Gasteiger partial charge in [0.05, 0.1) is 0 Å². The molecule has 1 aliphatic carbocycles. The van der Waals surface area contributed by atoms with Crippen LogP contribution >= 0.6 is 0 Å². The number of fused-ring (bicyclic) bond motifs is 1. The Hall–Kier alpha value is -2.58. The molecule has 2 heteroatoms. The van der Waals surface area contributed by atoms with Gasteiger partial charge in [-0.15, -0.1) is 19.7 Å². The van der Waals surface area contributed by atoms with Crippen LogP contribution in [0.15, 0.2) is 85.3 Å². The van der Waals surface area contributed by atoms with Gasteiger partial charge in [0.25, 0.3) is 0 Å². The van der Waals surface area contributed by atoms with E-state index in [4.69, 9.17) is 0 Å². The van der Waals surface area contributed by atoms with Gasteiger partial charge in [0.1, 0.15) is 0 Å². The van der Waals surface area contributed by atoms with Crippen LogP contribution in [-0.2, 0) is 12.8 Å². The van der Waals surface area contributed by atoms with Crippen LogP contribution < -0.4 is 5.32 Å². The van der Waals surface area contributed by atoms with Gasteiger partial charge in [0.15, 0.2) is 0 Å². The van der Waals surface area contributed by atoms with Crippen LogP contribution in [0.4, 0.5) is 0 Å². The molecule has 1 fully saturated rings. The van der Waals surface area contributed by atoms with E-state index in [1.165, 1.54) is 74.7 Å². The zero-order valence-electron chi connectivity index (χ0n) is 29.5. The number of hydrogen-bond donors (Lipinski definition) is 1. The first-order valence-corrected chi connectivity index (χ1v) is 17.0. The normalized spacial score (nSPS) is 20.0. The Labute approximate surface area is 275 Å². The largest absolute Gasteiger partial charge is 0.345 e. The van der Waals surface area contributed by atoms with E-state index in [0.29, 0.717) is 17.9 Å². The molecular weight excluding hydrogens is 532 g/mol. The lowest BCUT2D eigenvalue weighted by Gasteiger charge is -2.54. The van der Waals surface area contributed by atoms with E-state index in [9.17, 15) is 0 Å². The first-order chi connectivity index (χ1) is 20.6. The monoisotopic (exact) mass is 603 g/mol. The number of benzene rings is 1. The minimum atomic E-state index is 0. The van der Waals surface area contributed by atoms with E-state index in [2.05, 4.69) is 89.4 Å². The van der Waals surface area contributed by atoms with E-state index in [1.54, 1.807) is 46.1 Å². The summed E-state index contributed by atoms with van der Waals surface area (Å²) in [6.07, 6.45) is 20.5. The second kappa shape index (κ2) is 22.9. The molecule has 2 nitrogen and oxygen atoms in total. The van der Waals surface area contributed by atoms with Crippen LogP contribution in [0.5, 0.6) is 0 Å². The summed E-state index contributed by atoms with van der Waals surface area (Å²) in [4.78, 5) is 2.50. The molecule has 1 aromatic carbocycles. The van der Waals surface area contributed by atoms with Gasteiger partial charge in [-0.05, 0) is 127 Å². The smallest absolute Gasteiger partial charge is 0.0418 e. The Bertz CT molecular complexity index is 1070. The van der Waals surface area contributed by atoms with Gasteiger partial charge >= 0.3 is 0 Å². The van der Waals surface area contributed by atoms with E-state index in [-0.39, 0.29) is 7.43 Å². The molecule has 1 aromatic rings. The van der Waals surface area contributed by atoms with Gasteiger partial charge in [-0.25, -0.2) is 0 Å². The number of nitrogens with zero attached hydrogens (tertiary/aromatic N) is 1. The molecule has 44 heavy (non-hydrogen) atoms. The number of rotatable bonds is 10. The summed E-state index contributed by atoms with van der Waals surface area (Å²) in [6, 6.07) is 5.75. The number of aryl methyl sites for hydroxylation is 2. The quantitative estimate of drug-likeness (QED) is 0.212. The summed E-state index contributed by atoms with van der Waals surface area (Å²) >= 11 is 0. The van der Waals surface area contributed by atoms with Crippen molar-refractivity contribution in [3.63, 3.8) is 0 Å². The Morgan fingerprint density at radius 2 is 1.57 bits per heavy atom. The van der Waals surface area contributed by atoms with E-state index >= 15 is 0 Å². The fourth-order valence-electron chi connectivity index (χ4n) is 6.74. The van der Waals surface area contributed by atoms with Crippen molar-refractivity contribution in [3.05, 3.63) is 108 Å². The molecule has 248 valence electrons. The maximum atomic E-state index is 4.32. The zero-order chi connectivity index (χ0) is 32.4. The Balaban J connectivity index is 0.00000165. The SMILES string of the molecule is C.C=C1C(C)C2CCC(CNCCc3cc(CCCCC)cc(C)c3C3C=C(C)CCC3)=C(C)N12.C=CC.C=CC.C=CC. The first kappa shape index (κ1) is 41.4. The molecule has 1 N–H and O–H groups in total. The van der Waals surface area contributed by atoms with Crippen LogP contribution in [0.25, 0.3) is 0 Å². The molecule has 4 rings (SSSR count). The molecule has 3 unspecified atom stereocenters. The highest BCUT2D eigenvalue weighted by Gasteiger charge is 2.42. The van der Waals surface area contributed by atoms with Crippen LogP contribution in [0.3, 0.4) is 0 Å². The predicted octanol–water partition coefficient (Wildman–Crippen LogP) is 12.2. The van der Waals surface area contributed by atoms with E-state index < -0.39 is 0 Å². The summed E-state index contributed by atoms with van der Waals surface area (Å²) in [6.45, 7) is 33.8. The minimum Gasteiger partial charge on any atom is -0.345 e. The first-order valence-electron chi connectivity index (χ1n) is 17.0. The average Bonchev–Trinajstić information content (AvgIpc) is 2.96. The van der Waals surface area contributed by atoms with Crippen LogP contribution in [0.2, 0.25) is 0 Å². The fourth-order valence-corrected chi connectivity index (χ4v) is 6.74. The summed E-state index contributed by atoms with van der Waals surface area (Å²) in [5, 5.41) is 3.82. The molecule has 0 amide bonds. The highest BCUT2D eigenvalue weighted by molar-refractivity contribution is 5.44. The fraction of sp³-hybridized carbons (Fsp3) is 0.571. The van der Waals surface area contributed by atoms with Crippen LogP contribution in [-0.4, -0.2) is 24.0 Å². The molecule has 0 bridgehead atoms. The van der Waals surface area contributed by atoms with Crippen LogP contribution in [0.1, 0.15) is 135 Å². The topological polar surface area (TPSA) is 15.3 Å². The second-order valence-electron chi connectivity index (χ2n) is 12.6. The van der Waals surface area contributed by atoms with Crippen LogP contribution in [0, 0.1) is 12.8 Å². The molecule has 3 atom stereocenters. The molecule has 0 radical (unpaired) electrons. The zero-order valence-corrected chi connectivity index (χ0v) is 29.5. The maximum absolute atomic E-state index is 4.32. The maximum Gasteiger partial charge on any atom is 0.0418 e. The van der Waals surface area contributed by atoms with Crippen molar-refractivity contribution in [1.82, 2.24) is 10.2 Å². The van der Waals surface area contributed by atoms with Crippen molar-refractivity contribution in [2.45, 2.75) is 139 Å². The van der Waals surface area contributed by atoms with Crippen molar-refractivity contribution in [1.29, 1.82) is 0 Å². The van der Waals surface area contributed by atoms with Crippen molar-refractivity contribution in [2.75, 3.05) is 13.1 Å². The third-order valence-electron chi connectivity index (χ3n) is 8.81. The van der Waals surface area contributed by atoms with E-state index in [0.717, 1.165) is 19.5 Å². The number of unbranched alkanes of at least 4 members (excludes halogenated alkanes) is 2. The molecule has 2 aliphatic heterocycles. The lowest BCUT2D eigenvalue weighted by molar-refractivity contribution is 0.111. The minimum absolute atomic E-state index is 0. The summed E-state index contributed by atoms with van der Waals surface area (Å²) < 4.78 is 0. The lowest BCUT2D eigenvalue weighted by Crippen LogP contribution is -2.53. The van der Waals surface area contributed by atoms with Gasteiger partial charge in [-0.2, -0.15) is 0 Å². The Morgan fingerprint density at radius 1 is 0.932 bits per heavy atom. The Morgan fingerprint density at radius 3 is 2.16 bits per heavy atom. The van der Waals surface area contributed by atoms with Gasteiger partial charge < -0.3 is 10.2 Å². The molecule has 1 saturated heterocycles. The molecule has 0 saturated carbocycles. The number of allylic oxidation sites excluding steroid dienone is 6. The van der Waals surface area contributed by atoms with Gasteiger partial charge in [0.2, 0.25) is 0 Å². The predicted molar refractivity (Wildman–Crippen MR) is 202 cm³/mol. The number of nitrogens with one attached hydrogen (secondary N) is 1. The number of hydrogen-bond acceptors (Lipinski definition) is 2. The Kier molecular flexibility index (Phi) is 21.5. The highest BCUT2D eigenvalue weighted by atomic mass is 15.3. The molecule has 3 aliphatic rings. The standard InChI is InChI=1S/C32H48N2.3C3H6.CH4/c1-7-8-9-12-27-19-23(3)32(28-13-10-11-22(2)18-28)29(20-27)16-17-33-21-30-14-15-31-24(4)25(5)34(31)26(30)6;3*1-3-2;/h18-20,24,28,31,33H,5,7-17,21H2,1-4,6H3;3*3H,1H2,2H3;1H4. The van der Waals surface area contributed by atoms with E-state index in [1.807, 2.05) is 20.8 Å². The van der Waals surface area contributed by atoms with Crippen molar-refractivity contribution in [3.8, 4) is 0 Å².